The number of para-hydroxylation sites is 1. The molecule has 4 aliphatic heterocycles. The molecule has 5 amide bonds. The molecule has 6 rings (SSSR count). The standard InChI is InChI=1S/C42H57N5O8/c1-4-54-38(49)10-9-37(48)44-18-11-31(12-19-44)32-13-20-45(21-14-32)40(51)36(27-30-25-28(2)39(50)29(3)26-30)55-42(53)46-22-16-34(17-23-46)47-24-15-33-7-5-6-8-35(33)43-41(47)52/h5-8,25-26,31-32,34,36,50H,4,9-24,27H2,1-3H3,(H,43,52)/t36-/m1/s1. The van der Waals surface area contributed by atoms with Crippen molar-refractivity contribution in [2.45, 2.75) is 97.1 Å². The molecule has 0 spiro atoms. The fourth-order valence-electron chi connectivity index (χ4n) is 8.87. The van der Waals surface area contributed by atoms with Gasteiger partial charge in [-0.2, -0.15) is 0 Å². The average Bonchev–Trinajstić information content (AvgIpc) is 3.36. The van der Waals surface area contributed by atoms with E-state index in [2.05, 4.69) is 5.32 Å². The number of carbonyl (C=O) groups excluding carboxylic acids is 5. The van der Waals surface area contributed by atoms with Crippen molar-refractivity contribution < 1.29 is 38.6 Å². The van der Waals surface area contributed by atoms with Crippen LogP contribution in [0.4, 0.5) is 15.3 Å². The Bertz CT molecular complexity index is 1690. The molecule has 2 N–H and O–H groups in total. The van der Waals surface area contributed by atoms with Crippen molar-refractivity contribution in [3.05, 3.63) is 58.7 Å². The number of urea groups is 1. The van der Waals surface area contributed by atoms with Crippen molar-refractivity contribution >= 4 is 35.6 Å². The van der Waals surface area contributed by atoms with Gasteiger partial charge in [-0.05, 0) is 106 Å². The molecule has 0 aromatic heterocycles. The number of hydrogen-bond acceptors (Lipinski definition) is 8. The van der Waals surface area contributed by atoms with Crippen LogP contribution in [0.2, 0.25) is 0 Å². The first-order valence-corrected chi connectivity index (χ1v) is 20.1. The summed E-state index contributed by atoms with van der Waals surface area (Å²) in [6.07, 6.45) is 4.38. The van der Waals surface area contributed by atoms with Crippen LogP contribution in [0.25, 0.3) is 0 Å². The van der Waals surface area contributed by atoms with E-state index in [4.69, 9.17) is 9.47 Å². The molecule has 13 heteroatoms. The number of nitrogens with one attached hydrogen (secondary N) is 1. The lowest BCUT2D eigenvalue weighted by Gasteiger charge is -2.41. The maximum atomic E-state index is 14.2. The van der Waals surface area contributed by atoms with Gasteiger partial charge in [-0.1, -0.05) is 30.3 Å². The summed E-state index contributed by atoms with van der Waals surface area (Å²) in [6, 6.07) is 11.4. The lowest BCUT2D eigenvalue weighted by atomic mass is 9.78. The largest absolute Gasteiger partial charge is 0.507 e. The molecule has 0 saturated carbocycles. The van der Waals surface area contributed by atoms with Crippen LogP contribution in [0, 0.1) is 25.7 Å². The number of piperidine rings is 3. The Labute approximate surface area is 324 Å². The van der Waals surface area contributed by atoms with Crippen LogP contribution in [-0.2, 0) is 36.7 Å². The molecule has 0 unspecified atom stereocenters. The van der Waals surface area contributed by atoms with Crippen molar-refractivity contribution in [2.24, 2.45) is 11.8 Å². The van der Waals surface area contributed by atoms with E-state index in [1.54, 1.807) is 11.8 Å². The molecule has 3 saturated heterocycles. The highest BCUT2D eigenvalue weighted by Crippen LogP contribution is 2.34. The topological polar surface area (TPSA) is 149 Å². The fourth-order valence-corrected chi connectivity index (χ4v) is 8.87. The number of likely N-dealkylation sites (tertiary alicyclic amines) is 3. The summed E-state index contributed by atoms with van der Waals surface area (Å²) in [7, 11) is 0. The number of aryl methyl sites for hydroxylation is 2. The van der Waals surface area contributed by atoms with E-state index >= 15 is 0 Å². The number of phenolic OH excluding ortho intramolecular Hbond substituents is 1. The van der Waals surface area contributed by atoms with Crippen molar-refractivity contribution in [1.29, 1.82) is 0 Å². The average molecular weight is 760 g/mol. The van der Waals surface area contributed by atoms with Crippen molar-refractivity contribution in [1.82, 2.24) is 19.6 Å². The van der Waals surface area contributed by atoms with E-state index in [1.807, 2.05) is 64.9 Å². The van der Waals surface area contributed by atoms with Gasteiger partial charge >= 0.3 is 18.1 Å². The highest BCUT2D eigenvalue weighted by Gasteiger charge is 2.37. The van der Waals surface area contributed by atoms with Gasteiger partial charge in [0.05, 0.1) is 13.0 Å². The number of esters is 1. The van der Waals surface area contributed by atoms with Crippen LogP contribution < -0.4 is 5.32 Å². The Hall–Kier alpha value is -4.81. The summed E-state index contributed by atoms with van der Waals surface area (Å²) >= 11 is 0. The third-order valence-electron chi connectivity index (χ3n) is 12.1. The molecule has 2 aromatic carbocycles. The zero-order valence-corrected chi connectivity index (χ0v) is 32.6. The minimum atomic E-state index is -1.02. The Kier molecular flexibility index (Phi) is 13.2. The molecule has 4 heterocycles. The Morgan fingerprint density at radius 3 is 2.05 bits per heavy atom. The van der Waals surface area contributed by atoms with Gasteiger partial charge < -0.3 is 39.5 Å². The lowest BCUT2D eigenvalue weighted by Crippen LogP contribution is -2.52. The van der Waals surface area contributed by atoms with E-state index in [0.717, 1.165) is 48.9 Å². The van der Waals surface area contributed by atoms with Gasteiger partial charge in [-0.3, -0.25) is 14.4 Å². The zero-order chi connectivity index (χ0) is 39.1. The van der Waals surface area contributed by atoms with Crippen LogP contribution in [0.5, 0.6) is 5.75 Å². The van der Waals surface area contributed by atoms with Crippen LogP contribution in [-0.4, -0.2) is 119 Å². The molecule has 2 aromatic rings. The number of hydrogen-bond donors (Lipinski definition) is 2. The molecule has 0 radical (unpaired) electrons. The van der Waals surface area contributed by atoms with E-state index in [9.17, 15) is 29.1 Å². The molecule has 298 valence electrons. The number of aromatic hydroxyl groups is 1. The van der Waals surface area contributed by atoms with Crippen molar-refractivity contribution in [3.8, 4) is 5.75 Å². The second-order valence-corrected chi connectivity index (χ2v) is 15.6. The van der Waals surface area contributed by atoms with Crippen molar-refractivity contribution in [2.75, 3.05) is 57.7 Å². The number of rotatable bonds is 10. The second kappa shape index (κ2) is 18.2. The van der Waals surface area contributed by atoms with Crippen LogP contribution >= 0.6 is 0 Å². The molecule has 0 bridgehead atoms. The van der Waals surface area contributed by atoms with Crippen molar-refractivity contribution in [3.63, 3.8) is 0 Å². The number of fused-ring (bicyclic) bond motifs is 1. The number of phenols is 1. The number of ether oxygens (including phenoxy) is 2. The molecular weight excluding hydrogens is 702 g/mol. The smallest absolute Gasteiger partial charge is 0.410 e. The van der Waals surface area contributed by atoms with Gasteiger partial charge in [0.15, 0.2) is 6.10 Å². The van der Waals surface area contributed by atoms with E-state index in [0.29, 0.717) is 88.2 Å². The summed E-state index contributed by atoms with van der Waals surface area (Å²) < 4.78 is 11.0. The van der Waals surface area contributed by atoms with Crippen LogP contribution in [0.15, 0.2) is 36.4 Å². The first kappa shape index (κ1) is 39.9. The minimum absolute atomic E-state index is 0.00737. The van der Waals surface area contributed by atoms with Gasteiger partial charge in [0.1, 0.15) is 5.75 Å². The number of amides is 5. The number of benzene rings is 2. The van der Waals surface area contributed by atoms with Gasteiger partial charge in [-0.15, -0.1) is 0 Å². The van der Waals surface area contributed by atoms with Gasteiger partial charge in [0.2, 0.25) is 5.91 Å². The van der Waals surface area contributed by atoms with Crippen LogP contribution in [0.3, 0.4) is 0 Å². The Morgan fingerprint density at radius 2 is 1.42 bits per heavy atom. The third-order valence-corrected chi connectivity index (χ3v) is 12.1. The molecule has 13 nitrogen and oxygen atoms in total. The van der Waals surface area contributed by atoms with E-state index in [-0.39, 0.29) is 54.9 Å². The molecule has 3 fully saturated rings. The van der Waals surface area contributed by atoms with Crippen LogP contribution in [0.1, 0.15) is 80.5 Å². The van der Waals surface area contributed by atoms with Gasteiger partial charge in [-0.25, -0.2) is 9.59 Å². The molecular formula is C42H57N5O8. The third kappa shape index (κ3) is 9.90. The summed E-state index contributed by atoms with van der Waals surface area (Å²) in [6.45, 7) is 9.61. The summed E-state index contributed by atoms with van der Waals surface area (Å²) in [5.74, 6) is 0.541. The zero-order valence-electron chi connectivity index (χ0n) is 32.6. The van der Waals surface area contributed by atoms with Gasteiger partial charge in [0.25, 0.3) is 5.91 Å². The predicted molar refractivity (Wildman–Crippen MR) is 206 cm³/mol. The maximum absolute atomic E-state index is 14.2. The highest BCUT2D eigenvalue weighted by atomic mass is 16.6. The molecule has 1 atom stereocenters. The SMILES string of the molecule is CCOC(=O)CCC(=O)N1CCC(C2CCN(C(=O)[C@@H](Cc3cc(C)c(O)c(C)c3)OC(=O)N3CCC(N4CCc5ccccc5NC4=O)CC3)CC2)CC1. The normalized spacial score (nSPS) is 19.3. The van der Waals surface area contributed by atoms with E-state index in [1.165, 1.54) is 0 Å². The summed E-state index contributed by atoms with van der Waals surface area (Å²) in [5, 5.41) is 13.4. The first-order chi connectivity index (χ1) is 26.5. The Morgan fingerprint density at radius 1 is 0.818 bits per heavy atom. The summed E-state index contributed by atoms with van der Waals surface area (Å²) in [4.78, 5) is 72.6. The monoisotopic (exact) mass is 759 g/mol. The van der Waals surface area contributed by atoms with E-state index < -0.39 is 12.2 Å². The predicted octanol–water partition coefficient (Wildman–Crippen LogP) is 5.43. The second-order valence-electron chi connectivity index (χ2n) is 15.6. The fraction of sp³-hybridized carbons (Fsp3) is 0.595. The quantitative estimate of drug-likeness (QED) is 0.305. The number of anilines is 1. The molecule has 0 aliphatic carbocycles. The lowest BCUT2D eigenvalue weighted by molar-refractivity contribution is -0.146. The molecule has 55 heavy (non-hydrogen) atoms. The summed E-state index contributed by atoms with van der Waals surface area (Å²) in [5.41, 5.74) is 4.15. The number of carbonyl (C=O) groups is 5. The van der Waals surface area contributed by atoms with Gasteiger partial charge in [0, 0.05) is 70.4 Å². The minimum Gasteiger partial charge on any atom is -0.507 e. The molecule has 4 aliphatic rings. The number of nitrogens with zero attached hydrogens (tertiary/aromatic N) is 4. The first-order valence-electron chi connectivity index (χ1n) is 20.1. The Balaban J connectivity index is 1.03. The highest BCUT2D eigenvalue weighted by molar-refractivity contribution is 5.91. The maximum Gasteiger partial charge on any atom is 0.410 e.